The van der Waals surface area contributed by atoms with Crippen molar-refractivity contribution in [1.82, 2.24) is 15.1 Å². The molecule has 1 atom stereocenters. The molecule has 1 N–H and O–H groups in total. The molecular formula is C16H18ClN3O3. The minimum Gasteiger partial charge on any atom is -0.465 e. The summed E-state index contributed by atoms with van der Waals surface area (Å²) in [5.41, 5.74) is 0.868. The maximum absolute atomic E-state index is 11.8. The number of amides is 1. The molecule has 1 aromatic carbocycles. The summed E-state index contributed by atoms with van der Waals surface area (Å²) in [6.07, 6.45) is 3.79. The smallest absolute Gasteiger partial charge is 0.258 e. The average Bonchev–Trinajstić information content (AvgIpc) is 3.21. The monoisotopic (exact) mass is 335 g/mol. The number of hydrogen-bond acceptors (Lipinski definition) is 4. The Balaban J connectivity index is 1.52. The van der Waals surface area contributed by atoms with Gasteiger partial charge in [-0.05, 0) is 25.0 Å². The van der Waals surface area contributed by atoms with Gasteiger partial charge in [0.05, 0.1) is 18.0 Å². The van der Waals surface area contributed by atoms with Crippen LogP contribution < -0.4 is 10.1 Å². The molecule has 2 aromatic rings. The van der Waals surface area contributed by atoms with Gasteiger partial charge in [0.1, 0.15) is 5.02 Å². The van der Waals surface area contributed by atoms with Crippen LogP contribution in [-0.4, -0.2) is 41.6 Å². The number of nitrogens with one attached hydrogen (secondary N) is 1. The maximum Gasteiger partial charge on any atom is 0.258 e. The number of hydrogen-bond donors (Lipinski definition) is 1. The minimum absolute atomic E-state index is 0.111. The molecule has 3 rings (SSSR count). The van der Waals surface area contributed by atoms with E-state index in [0.717, 1.165) is 25.1 Å². The molecule has 0 bridgehead atoms. The first-order valence-electron chi connectivity index (χ1n) is 7.54. The van der Waals surface area contributed by atoms with Crippen molar-refractivity contribution in [1.29, 1.82) is 0 Å². The predicted octanol–water partition coefficient (Wildman–Crippen LogP) is 2.20. The highest BCUT2D eigenvalue weighted by Gasteiger charge is 2.17. The van der Waals surface area contributed by atoms with Crippen LogP contribution in [-0.2, 0) is 9.53 Å². The molecule has 7 heteroatoms. The van der Waals surface area contributed by atoms with Crippen LogP contribution in [0.15, 0.2) is 36.5 Å². The van der Waals surface area contributed by atoms with Gasteiger partial charge in [-0.1, -0.05) is 29.8 Å². The van der Waals surface area contributed by atoms with Gasteiger partial charge in [-0.25, -0.2) is 4.68 Å². The lowest BCUT2D eigenvalue weighted by Crippen LogP contribution is -2.35. The number of nitrogens with zero attached hydrogens (tertiary/aromatic N) is 2. The molecule has 1 aromatic heterocycles. The Hall–Kier alpha value is -2.05. The van der Waals surface area contributed by atoms with Gasteiger partial charge in [0.15, 0.2) is 6.61 Å². The molecule has 23 heavy (non-hydrogen) atoms. The van der Waals surface area contributed by atoms with E-state index >= 15 is 0 Å². The summed E-state index contributed by atoms with van der Waals surface area (Å²) in [6, 6.07) is 9.54. The minimum atomic E-state index is -0.217. The van der Waals surface area contributed by atoms with Crippen LogP contribution in [0.5, 0.6) is 5.88 Å². The highest BCUT2D eigenvalue weighted by atomic mass is 35.5. The molecule has 1 unspecified atom stereocenters. The van der Waals surface area contributed by atoms with Crippen molar-refractivity contribution in [3.05, 3.63) is 41.6 Å². The van der Waals surface area contributed by atoms with Gasteiger partial charge in [-0.3, -0.25) is 4.79 Å². The molecule has 122 valence electrons. The molecule has 2 heterocycles. The standard InChI is InChI=1S/C16H18ClN3O3/c17-14-10-20(12-5-2-1-3-6-12)19-16(14)23-11-15(21)18-9-13-7-4-8-22-13/h1-3,5-6,10,13H,4,7-9,11H2,(H,18,21). The van der Waals surface area contributed by atoms with Crippen molar-refractivity contribution < 1.29 is 14.3 Å². The van der Waals surface area contributed by atoms with Crippen LogP contribution in [0, 0.1) is 0 Å². The van der Waals surface area contributed by atoms with Crippen molar-refractivity contribution in [3.63, 3.8) is 0 Å². The predicted molar refractivity (Wildman–Crippen MR) is 86.1 cm³/mol. The highest BCUT2D eigenvalue weighted by molar-refractivity contribution is 6.31. The molecule has 1 amide bonds. The fourth-order valence-electron chi connectivity index (χ4n) is 2.37. The summed E-state index contributed by atoms with van der Waals surface area (Å²) >= 11 is 6.10. The lowest BCUT2D eigenvalue weighted by molar-refractivity contribution is -0.123. The van der Waals surface area contributed by atoms with E-state index in [2.05, 4.69) is 10.4 Å². The second kappa shape index (κ2) is 7.48. The van der Waals surface area contributed by atoms with E-state index in [4.69, 9.17) is 21.1 Å². The molecule has 1 saturated heterocycles. The van der Waals surface area contributed by atoms with Crippen LogP contribution in [0.25, 0.3) is 5.69 Å². The van der Waals surface area contributed by atoms with Crippen molar-refractivity contribution in [2.45, 2.75) is 18.9 Å². The first-order valence-corrected chi connectivity index (χ1v) is 7.92. The Morgan fingerprint density at radius 2 is 2.26 bits per heavy atom. The largest absolute Gasteiger partial charge is 0.465 e. The highest BCUT2D eigenvalue weighted by Crippen LogP contribution is 2.23. The van der Waals surface area contributed by atoms with Gasteiger partial charge in [0, 0.05) is 13.2 Å². The second-order valence-corrected chi connectivity index (χ2v) is 5.70. The van der Waals surface area contributed by atoms with Crippen LogP contribution in [0.3, 0.4) is 0 Å². The number of halogens is 1. The lowest BCUT2D eigenvalue weighted by atomic mass is 10.2. The Bertz CT molecular complexity index is 654. The average molecular weight is 336 g/mol. The zero-order valence-electron chi connectivity index (χ0n) is 12.6. The zero-order chi connectivity index (χ0) is 16.1. The van der Waals surface area contributed by atoms with Crippen molar-refractivity contribution in [3.8, 4) is 11.6 Å². The van der Waals surface area contributed by atoms with E-state index < -0.39 is 0 Å². The first-order chi connectivity index (χ1) is 11.2. The number of rotatable bonds is 6. The first kappa shape index (κ1) is 15.8. The normalized spacial score (nSPS) is 17.2. The Morgan fingerprint density at radius 3 is 3.00 bits per heavy atom. The molecule has 0 aliphatic carbocycles. The number of benzene rings is 1. The zero-order valence-corrected chi connectivity index (χ0v) is 13.3. The van der Waals surface area contributed by atoms with Crippen LogP contribution in [0.4, 0.5) is 0 Å². The van der Waals surface area contributed by atoms with Gasteiger partial charge >= 0.3 is 0 Å². The van der Waals surface area contributed by atoms with Gasteiger partial charge in [-0.2, -0.15) is 0 Å². The Kier molecular flexibility index (Phi) is 5.15. The van der Waals surface area contributed by atoms with Gasteiger partial charge in [0.2, 0.25) is 0 Å². The number of carbonyl (C=O) groups is 1. The number of ether oxygens (including phenoxy) is 2. The number of para-hydroxylation sites is 1. The Labute approximate surface area is 139 Å². The second-order valence-electron chi connectivity index (χ2n) is 5.29. The summed E-state index contributed by atoms with van der Waals surface area (Å²) in [5, 5.41) is 7.40. The summed E-state index contributed by atoms with van der Waals surface area (Å²) in [4.78, 5) is 11.8. The third-order valence-corrected chi connectivity index (χ3v) is 3.81. The van der Waals surface area contributed by atoms with E-state index in [1.807, 2.05) is 30.3 Å². The summed E-state index contributed by atoms with van der Waals surface area (Å²) < 4.78 is 12.5. The molecule has 0 radical (unpaired) electrons. The topological polar surface area (TPSA) is 65.4 Å². The number of aromatic nitrogens is 2. The molecular weight excluding hydrogens is 318 g/mol. The van der Waals surface area contributed by atoms with Gasteiger partial charge < -0.3 is 14.8 Å². The molecule has 0 saturated carbocycles. The SMILES string of the molecule is O=C(COc1nn(-c2ccccc2)cc1Cl)NCC1CCCO1. The van der Waals surface area contributed by atoms with Gasteiger partial charge in [-0.15, -0.1) is 5.10 Å². The molecule has 1 fully saturated rings. The third kappa shape index (κ3) is 4.24. The van der Waals surface area contributed by atoms with Crippen molar-refractivity contribution in [2.75, 3.05) is 19.8 Å². The molecule has 1 aliphatic rings. The molecule has 1 aliphatic heterocycles. The molecule has 0 spiro atoms. The van der Waals surface area contributed by atoms with Crippen LogP contribution >= 0.6 is 11.6 Å². The lowest BCUT2D eigenvalue weighted by Gasteiger charge is -2.10. The summed E-state index contributed by atoms with van der Waals surface area (Å²) in [6.45, 7) is 1.15. The van der Waals surface area contributed by atoms with E-state index in [9.17, 15) is 4.79 Å². The van der Waals surface area contributed by atoms with E-state index in [1.54, 1.807) is 10.9 Å². The van der Waals surface area contributed by atoms with Gasteiger partial charge in [0.25, 0.3) is 11.8 Å². The third-order valence-electron chi connectivity index (χ3n) is 3.55. The summed E-state index contributed by atoms with van der Waals surface area (Å²) in [7, 11) is 0. The summed E-state index contributed by atoms with van der Waals surface area (Å²) in [5.74, 6) is 0.0219. The van der Waals surface area contributed by atoms with Crippen LogP contribution in [0.1, 0.15) is 12.8 Å². The van der Waals surface area contributed by atoms with E-state index in [0.29, 0.717) is 11.6 Å². The van der Waals surface area contributed by atoms with E-state index in [-0.39, 0.29) is 24.5 Å². The Morgan fingerprint density at radius 1 is 1.43 bits per heavy atom. The fraction of sp³-hybridized carbons (Fsp3) is 0.375. The molecule has 6 nitrogen and oxygen atoms in total. The van der Waals surface area contributed by atoms with Crippen molar-refractivity contribution >= 4 is 17.5 Å². The quantitative estimate of drug-likeness (QED) is 0.879. The maximum atomic E-state index is 11.8. The fourth-order valence-corrected chi connectivity index (χ4v) is 2.55. The number of carbonyl (C=O) groups excluding carboxylic acids is 1. The van der Waals surface area contributed by atoms with E-state index in [1.165, 1.54) is 0 Å². The van der Waals surface area contributed by atoms with Crippen LogP contribution in [0.2, 0.25) is 5.02 Å². The van der Waals surface area contributed by atoms with Crippen molar-refractivity contribution in [2.24, 2.45) is 0 Å².